The number of hydrogen-bond donors (Lipinski definition) is 1. The second-order valence-corrected chi connectivity index (χ2v) is 6.73. The summed E-state index contributed by atoms with van der Waals surface area (Å²) < 4.78 is 16.5. The van der Waals surface area contributed by atoms with Crippen LogP contribution in [0.2, 0.25) is 0 Å². The number of benzene rings is 3. The van der Waals surface area contributed by atoms with E-state index in [-0.39, 0.29) is 11.8 Å². The SMILES string of the molecule is COc1cc(OC)cc(C(=O)N[C@H](c2ccccc2)c2nnc(-c3ccccc3)o2)c1. The zero-order valence-electron chi connectivity index (χ0n) is 17.1. The van der Waals surface area contributed by atoms with E-state index >= 15 is 0 Å². The van der Waals surface area contributed by atoms with Crippen LogP contribution in [0.4, 0.5) is 0 Å². The van der Waals surface area contributed by atoms with Crippen LogP contribution in [0.5, 0.6) is 11.5 Å². The van der Waals surface area contributed by atoms with Gasteiger partial charge in [0.2, 0.25) is 11.8 Å². The topological polar surface area (TPSA) is 86.5 Å². The van der Waals surface area contributed by atoms with E-state index in [1.54, 1.807) is 18.2 Å². The molecule has 1 aromatic heterocycles. The van der Waals surface area contributed by atoms with E-state index in [1.807, 2.05) is 60.7 Å². The molecule has 156 valence electrons. The summed E-state index contributed by atoms with van der Waals surface area (Å²) in [5, 5.41) is 11.3. The lowest BCUT2D eigenvalue weighted by molar-refractivity contribution is 0.0937. The third-order valence-corrected chi connectivity index (χ3v) is 4.73. The van der Waals surface area contributed by atoms with Gasteiger partial charge in [-0.1, -0.05) is 48.5 Å². The highest BCUT2D eigenvalue weighted by Crippen LogP contribution is 2.27. The molecule has 4 rings (SSSR count). The van der Waals surface area contributed by atoms with Crippen molar-refractivity contribution in [2.24, 2.45) is 0 Å². The molecule has 0 fully saturated rings. The fraction of sp³-hybridized carbons (Fsp3) is 0.125. The van der Waals surface area contributed by atoms with Crippen LogP contribution in [0.1, 0.15) is 27.9 Å². The lowest BCUT2D eigenvalue weighted by atomic mass is 10.1. The van der Waals surface area contributed by atoms with E-state index in [0.29, 0.717) is 23.0 Å². The first kappa shape index (κ1) is 20.2. The van der Waals surface area contributed by atoms with Gasteiger partial charge in [-0.2, -0.15) is 0 Å². The van der Waals surface area contributed by atoms with Crippen LogP contribution in [0.25, 0.3) is 11.5 Å². The summed E-state index contributed by atoms with van der Waals surface area (Å²) in [6.45, 7) is 0. The molecule has 1 heterocycles. The van der Waals surface area contributed by atoms with E-state index in [1.165, 1.54) is 14.2 Å². The minimum absolute atomic E-state index is 0.285. The van der Waals surface area contributed by atoms with Crippen LogP contribution < -0.4 is 14.8 Å². The van der Waals surface area contributed by atoms with Crippen molar-refractivity contribution in [3.05, 3.63) is 95.9 Å². The first-order valence-electron chi connectivity index (χ1n) is 9.65. The molecule has 0 saturated carbocycles. The van der Waals surface area contributed by atoms with Crippen molar-refractivity contribution < 1.29 is 18.7 Å². The predicted molar refractivity (Wildman–Crippen MR) is 115 cm³/mol. The van der Waals surface area contributed by atoms with Crippen molar-refractivity contribution in [3.63, 3.8) is 0 Å². The maximum atomic E-state index is 13.1. The number of amides is 1. The van der Waals surface area contributed by atoms with Gasteiger partial charge in [-0.3, -0.25) is 4.79 Å². The van der Waals surface area contributed by atoms with E-state index in [2.05, 4.69) is 15.5 Å². The number of methoxy groups -OCH3 is 2. The van der Waals surface area contributed by atoms with E-state index < -0.39 is 6.04 Å². The van der Waals surface area contributed by atoms with Crippen LogP contribution >= 0.6 is 0 Å². The van der Waals surface area contributed by atoms with Crippen molar-refractivity contribution in [2.45, 2.75) is 6.04 Å². The second-order valence-electron chi connectivity index (χ2n) is 6.73. The lowest BCUT2D eigenvalue weighted by Crippen LogP contribution is -2.29. The quantitative estimate of drug-likeness (QED) is 0.485. The molecular weight excluding hydrogens is 394 g/mol. The predicted octanol–water partition coefficient (Wildman–Crippen LogP) is 4.27. The van der Waals surface area contributed by atoms with Gasteiger partial charge in [0.25, 0.3) is 5.91 Å². The van der Waals surface area contributed by atoms with Crippen molar-refractivity contribution in [1.82, 2.24) is 15.5 Å². The van der Waals surface area contributed by atoms with Gasteiger partial charge in [0, 0.05) is 17.2 Å². The Labute approximate surface area is 179 Å². The molecular formula is C24H21N3O4. The number of rotatable bonds is 7. The highest BCUT2D eigenvalue weighted by molar-refractivity contribution is 5.95. The Bertz CT molecular complexity index is 1140. The molecule has 1 atom stereocenters. The Hall–Kier alpha value is -4.13. The Morgan fingerprint density at radius 2 is 1.48 bits per heavy atom. The average molecular weight is 415 g/mol. The van der Waals surface area contributed by atoms with Crippen LogP contribution in [0.15, 0.2) is 83.3 Å². The zero-order chi connectivity index (χ0) is 21.6. The summed E-state index contributed by atoms with van der Waals surface area (Å²) in [5.74, 6) is 1.38. The summed E-state index contributed by atoms with van der Waals surface area (Å²) in [6.07, 6.45) is 0. The fourth-order valence-corrected chi connectivity index (χ4v) is 3.13. The third kappa shape index (κ3) is 4.56. The number of hydrogen-bond acceptors (Lipinski definition) is 6. The minimum Gasteiger partial charge on any atom is -0.497 e. The molecule has 0 aliphatic heterocycles. The van der Waals surface area contributed by atoms with E-state index in [0.717, 1.165) is 11.1 Å². The molecule has 1 amide bonds. The van der Waals surface area contributed by atoms with Gasteiger partial charge >= 0.3 is 0 Å². The van der Waals surface area contributed by atoms with Crippen LogP contribution in [-0.4, -0.2) is 30.3 Å². The smallest absolute Gasteiger partial charge is 0.252 e. The standard InChI is InChI=1S/C24H21N3O4/c1-29-19-13-18(14-20(15-19)30-2)22(28)25-21(16-9-5-3-6-10-16)24-27-26-23(31-24)17-11-7-4-8-12-17/h3-15,21H,1-2H3,(H,25,28)/t21-/m1/s1. The van der Waals surface area contributed by atoms with Gasteiger partial charge in [0.1, 0.15) is 17.5 Å². The Kier molecular flexibility index (Phi) is 5.93. The Morgan fingerprint density at radius 3 is 2.10 bits per heavy atom. The first-order valence-corrected chi connectivity index (χ1v) is 9.65. The molecule has 0 unspecified atom stereocenters. The van der Waals surface area contributed by atoms with Gasteiger partial charge in [-0.25, -0.2) is 0 Å². The summed E-state index contributed by atoms with van der Waals surface area (Å²) in [7, 11) is 3.07. The molecule has 0 radical (unpaired) electrons. The summed E-state index contributed by atoms with van der Waals surface area (Å²) in [5.41, 5.74) is 2.01. The average Bonchev–Trinajstić information content (AvgIpc) is 3.33. The molecule has 7 heteroatoms. The molecule has 7 nitrogen and oxygen atoms in total. The monoisotopic (exact) mass is 415 g/mol. The number of nitrogens with one attached hydrogen (secondary N) is 1. The highest BCUT2D eigenvalue weighted by atomic mass is 16.5. The fourth-order valence-electron chi connectivity index (χ4n) is 3.13. The highest BCUT2D eigenvalue weighted by Gasteiger charge is 2.24. The maximum Gasteiger partial charge on any atom is 0.252 e. The van der Waals surface area contributed by atoms with Crippen LogP contribution in [0, 0.1) is 0 Å². The van der Waals surface area contributed by atoms with Crippen molar-refractivity contribution in [1.29, 1.82) is 0 Å². The molecule has 1 N–H and O–H groups in total. The van der Waals surface area contributed by atoms with Gasteiger partial charge in [-0.05, 0) is 29.8 Å². The molecule has 0 aliphatic rings. The molecule has 0 bridgehead atoms. The zero-order valence-corrected chi connectivity index (χ0v) is 17.1. The number of carbonyl (C=O) groups excluding carboxylic acids is 1. The molecule has 0 saturated heterocycles. The van der Waals surface area contributed by atoms with E-state index in [9.17, 15) is 4.79 Å². The van der Waals surface area contributed by atoms with E-state index in [4.69, 9.17) is 13.9 Å². The molecule has 4 aromatic rings. The molecule has 31 heavy (non-hydrogen) atoms. The van der Waals surface area contributed by atoms with Gasteiger partial charge in [-0.15, -0.1) is 10.2 Å². The van der Waals surface area contributed by atoms with Gasteiger partial charge in [0.05, 0.1) is 14.2 Å². The first-order chi connectivity index (χ1) is 15.2. The molecule has 0 aliphatic carbocycles. The third-order valence-electron chi connectivity index (χ3n) is 4.73. The number of aromatic nitrogens is 2. The van der Waals surface area contributed by atoms with Crippen molar-refractivity contribution in [2.75, 3.05) is 14.2 Å². The maximum absolute atomic E-state index is 13.1. The van der Waals surface area contributed by atoms with Crippen LogP contribution in [-0.2, 0) is 0 Å². The number of ether oxygens (including phenoxy) is 2. The van der Waals surface area contributed by atoms with Gasteiger partial charge < -0.3 is 19.2 Å². The van der Waals surface area contributed by atoms with Gasteiger partial charge in [0.15, 0.2) is 0 Å². The lowest BCUT2D eigenvalue weighted by Gasteiger charge is -2.16. The minimum atomic E-state index is -0.629. The summed E-state index contributed by atoms with van der Waals surface area (Å²) in [6, 6.07) is 23.3. The normalized spacial score (nSPS) is 11.5. The molecule has 3 aromatic carbocycles. The number of carbonyl (C=O) groups is 1. The van der Waals surface area contributed by atoms with Crippen molar-refractivity contribution in [3.8, 4) is 23.0 Å². The largest absolute Gasteiger partial charge is 0.497 e. The summed E-state index contributed by atoms with van der Waals surface area (Å²) >= 11 is 0. The Balaban J connectivity index is 1.67. The number of nitrogens with zero attached hydrogens (tertiary/aromatic N) is 2. The Morgan fingerprint density at radius 1 is 0.871 bits per heavy atom. The molecule has 0 spiro atoms. The van der Waals surface area contributed by atoms with Crippen LogP contribution in [0.3, 0.4) is 0 Å². The summed E-state index contributed by atoms with van der Waals surface area (Å²) in [4.78, 5) is 13.1. The second kappa shape index (κ2) is 9.13. The van der Waals surface area contributed by atoms with Crippen molar-refractivity contribution >= 4 is 5.91 Å².